The van der Waals surface area contributed by atoms with Crippen molar-refractivity contribution in [1.82, 2.24) is 10.3 Å². The normalized spacial score (nSPS) is 24.4. The molecule has 0 aliphatic carbocycles. The van der Waals surface area contributed by atoms with Crippen LogP contribution in [0.2, 0.25) is 0 Å². The van der Waals surface area contributed by atoms with Gasteiger partial charge >= 0.3 is 0 Å². The van der Waals surface area contributed by atoms with Crippen molar-refractivity contribution in [1.29, 1.82) is 5.26 Å². The van der Waals surface area contributed by atoms with Crippen molar-refractivity contribution in [2.75, 3.05) is 19.3 Å². The van der Waals surface area contributed by atoms with E-state index in [-0.39, 0.29) is 0 Å². The molecule has 6 heteroatoms. The molecule has 0 fully saturated rings. The van der Waals surface area contributed by atoms with E-state index in [4.69, 9.17) is 0 Å². The van der Waals surface area contributed by atoms with E-state index in [1.54, 1.807) is 6.21 Å². The second-order valence-corrected chi connectivity index (χ2v) is 6.05. The maximum atomic E-state index is 9.32. The first-order chi connectivity index (χ1) is 10.3. The molecule has 2 aliphatic heterocycles. The number of thioether (sulfide) groups is 1. The topological polar surface area (TPSA) is 63.8 Å². The number of hydrazone groups is 1. The average Bonchev–Trinajstić information content (AvgIpc) is 2.77. The zero-order chi connectivity index (χ0) is 14.7. The van der Waals surface area contributed by atoms with Gasteiger partial charge in [0.05, 0.1) is 6.21 Å². The monoisotopic (exact) mass is 299 g/mol. The lowest BCUT2D eigenvalue weighted by Gasteiger charge is -2.29. The van der Waals surface area contributed by atoms with Crippen molar-refractivity contribution in [3.05, 3.63) is 35.4 Å². The maximum Gasteiger partial charge on any atom is 0.283 e. The Bertz CT molecular complexity index is 606. The van der Waals surface area contributed by atoms with Crippen molar-refractivity contribution in [2.45, 2.75) is 17.8 Å². The Labute approximate surface area is 128 Å². The molecule has 1 unspecified atom stereocenters. The molecule has 0 aromatic heterocycles. The molecule has 3 rings (SSSR count). The van der Waals surface area contributed by atoms with Crippen LogP contribution in [0.4, 0.5) is 0 Å². The summed E-state index contributed by atoms with van der Waals surface area (Å²) in [5.41, 5.74) is 5.60. The van der Waals surface area contributed by atoms with Gasteiger partial charge < -0.3 is 4.90 Å². The molecule has 1 atom stereocenters. The molecule has 0 radical (unpaired) electrons. The lowest BCUT2D eigenvalue weighted by molar-refractivity contribution is 0.434. The van der Waals surface area contributed by atoms with Gasteiger partial charge in [-0.1, -0.05) is 36.0 Å². The van der Waals surface area contributed by atoms with Gasteiger partial charge in [-0.05, 0) is 30.2 Å². The number of rotatable bonds is 1. The van der Waals surface area contributed by atoms with E-state index in [1.807, 2.05) is 6.26 Å². The summed E-state index contributed by atoms with van der Waals surface area (Å²) >= 11 is 1.35. The molecule has 0 spiro atoms. The molecule has 1 aromatic carbocycles. The predicted octanol–water partition coefficient (Wildman–Crippen LogP) is 1.62. The van der Waals surface area contributed by atoms with E-state index >= 15 is 0 Å². The Morgan fingerprint density at radius 2 is 1.95 bits per heavy atom. The van der Waals surface area contributed by atoms with E-state index in [0.29, 0.717) is 0 Å². The van der Waals surface area contributed by atoms with E-state index in [2.05, 4.69) is 50.8 Å². The number of nitriles is 1. The highest BCUT2D eigenvalue weighted by atomic mass is 32.2. The Morgan fingerprint density at radius 1 is 1.29 bits per heavy atom. The molecule has 2 heterocycles. The minimum atomic E-state index is -0.997. The van der Waals surface area contributed by atoms with Crippen LogP contribution in [0.15, 0.2) is 34.4 Å². The molecule has 108 valence electrons. The fourth-order valence-corrected chi connectivity index (χ4v) is 3.05. The quantitative estimate of drug-likeness (QED) is 0.856. The number of nitrogens with one attached hydrogen (secondary N) is 1. The number of benzene rings is 1. The van der Waals surface area contributed by atoms with Gasteiger partial charge in [-0.2, -0.15) is 10.4 Å². The number of nitrogens with zero attached hydrogens (tertiary/aromatic N) is 4. The molecule has 5 nitrogen and oxygen atoms in total. The molecule has 21 heavy (non-hydrogen) atoms. The van der Waals surface area contributed by atoms with Crippen LogP contribution in [0.3, 0.4) is 0 Å². The van der Waals surface area contributed by atoms with Crippen LogP contribution in [-0.2, 0) is 12.8 Å². The maximum absolute atomic E-state index is 9.32. The van der Waals surface area contributed by atoms with Crippen LogP contribution in [-0.4, -0.2) is 41.3 Å². The summed E-state index contributed by atoms with van der Waals surface area (Å²) < 4.78 is 0. The fourth-order valence-electron chi connectivity index (χ4n) is 2.63. The van der Waals surface area contributed by atoms with Crippen molar-refractivity contribution < 1.29 is 0 Å². The van der Waals surface area contributed by atoms with Crippen molar-refractivity contribution >= 4 is 23.8 Å². The number of hydrogen-bond acceptors (Lipinski definition) is 6. The Hall–Kier alpha value is -2.00. The lowest BCUT2D eigenvalue weighted by atomic mass is 10.0. The third-order valence-corrected chi connectivity index (χ3v) is 4.72. The number of hydrogen-bond donors (Lipinski definition) is 1. The lowest BCUT2D eigenvalue weighted by Crippen LogP contribution is -2.45. The van der Waals surface area contributed by atoms with E-state index < -0.39 is 4.99 Å². The van der Waals surface area contributed by atoms with E-state index in [9.17, 15) is 5.26 Å². The smallest absolute Gasteiger partial charge is 0.283 e. The number of fused-ring (bicyclic) bond motifs is 1. The van der Waals surface area contributed by atoms with Gasteiger partial charge in [0.1, 0.15) is 11.9 Å². The predicted molar refractivity (Wildman–Crippen MR) is 86.3 cm³/mol. The number of amidine groups is 1. The van der Waals surface area contributed by atoms with Gasteiger partial charge in [0.25, 0.3) is 4.99 Å². The third kappa shape index (κ3) is 2.74. The zero-order valence-electron chi connectivity index (χ0n) is 11.9. The highest BCUT2D eigenvalue weighted by Gasteiger charge is 2.32. The first-order valence-corrected chi connectivity index (χ1v) is 8.17. The molecule has 1 N–H and O–H groups in total. The van der Waals surface area contributed by atoms with Gasteiger partial charge in [0.2, 0.25) is 0 Å². The summed E-state index contributed by atoms with van der Waals surface area (Å²) in [5, 5.41) is 13.4. The van der Waals surface area contributed by atoms with Crippen molar-refractivity contribution in [2.24, 2.45) is 10.1 Å². The molecule has 0 bridgehead atoms. The van der Waals surface area contributed by atoms with Crippen LogP contribution in [0, 0.1) is 11.3 Å². The van der Waals surface area contributed by atoms with E-state index in [1.165, 1.54) is 22.9 Å². The third-order valence-electron chi connectivity index (χ3n) is 3.86. The molecule has 1 aromatic rings. The first-order valence-electron chi connectivity index (χ1n) is 6.94. The summed E-state index contributed by atoms with van der Waals surface area (Å²) in [6.45, 7) is 1.80. The Kier molecular flexibility index (Phi) is 3.84. The van der Waals surface area contributed by atoms with Crippen LogP contribution < -0.4 is 5.43 Å². The summed E-state index contributed by atoms with van der Waals surface area (Å²) in [6, 6.07) is 10.8. The van der Waals surface area contributed by atoms with Crippen LogP contribution >= 0.6 is 11.8 Å². The summed E-state index contributed by atoms with van der Waals surface area (Å²) in [5.74, 6) is 0.789. The van der Waals surface area contributed by atoms with E-state index in [0.717, 1.165) is 31.8 Å². The first kappa shape index (κ1) is 14.0. The van der Waals surface area contributed by atoms with Crippen LogP contribution in [0.5, 0.6) is 0 Å². The summed E-state index contributed by atoms with van der Waals surface area (Å²) in [7, 11) is 0. The zero-order valence-corrected chi connectivity index (χ0v) is 12.7. The molecular weight excluding hydrogens is 282 g/mol. The number of aliphatic imine (C=N–C) groups is 1. The highest BCUT2D eigenvalue weighted by Crippen LogP contribution is 2.23. The standard InChI is InChI=1S/C15H17N5S/c1-21-15(11-16)18-14(10-17-19-15)20-8-6-12-4-2-3-5-13(12)7-9-20/h2-5,10,19H,6-9H2,1H3. The minimum absolute atomic E-state index is 0.789. The molecule has 0 saturated heterocycles. The molecule has 0 saturated carbocycles. The highest BCUT2D eigenvalue weighted by molar-refractivity contribution is 8.00. The molecule has 0 amide bonds. The van der Waals surface area contributed by atoms with Gasteiger partial charge in [0, 0.05) is 13.1 Å². The Balaban J connectivity index is 1.81. The van der Waals surface area contributed by atoms with Crippen molar-refractivity contribution in [3.8, 4) is 6.07 Å². The van der Waals surface area contributed by atoms with Crippen LogP contribution in [0.1, 0.15) is 11.1 Å². The Morgan fingerprint density at radius 3 is 2.52 bits per heavy atom. The average molecular weight is 299 g/mol. The second-order valence-electron chi connectivity index (χ2n) is 5.06. The molecular formula is C15H17N5S. The van der Waals surface area contributed by atoms with Gasteiger partial charge in [0.15, 0.2) is 0 Å². The van der Waals surface area contributed by atoms with Crippen molar-refractivity contribution in [3.63, 3.8) is 0 Å². The van der Waals surface area contributed by atoms with Gasteiger partial charge in [-0.25, -0.2) is 4.99 Å². The summed E-state index contributed by atoms with van der Waals surface area (Å²) in [4.78, 5) is 5.78. The minimum Gasteiger partial charge on any atom is -0.355 e. The largest absolute Gasteiger partial charge is 0.355 e. The van der Waals surface area contributed by atoms with Crippen LogP contribution in [0.25, 0.3) is 0 Å². The van der Waals surface area contributed by atoms with Gasteiger partial charge in [-0.3, -0.25) is 5.43 Å². The fraction of sp³-hybridized carbons (Fsp3) is 0.400. The second kappa shape index (κ2) is 5.78. The summed E-state index contributed by atoms with van der Waals surface area (Å²) in [6.07, 6.45) is 5.56. The SMILES string of the molecule is CSC1(C#N)N=C(N2CCc3ccccc3CC2)C=NN1. The molecule has 2 aliphatic rings. The van der Waals surface area contributed by atoms with Gasteiger partial charge in [-0.15, -0.1) is 0 Å².